The summed E-state index contributed by atoms with van der Waals surface area (Å²) >= 11 is 6.01. The van der Waals surface area contributed by atoms with Crippen LogP contribution in [-0.2, 0) is 19.6 Å². The fourth-order valence-corrected chi connectivity index (χ4v) is 3.10. The molecule has 0 saturated heterocycles. The summed E-state index contributed by atoms with van der Waals surface area (Å²) in [5.74, 6) is 1.19. The molecule has 1 N–H and O–H groups in total. The Hall–Kier alpha value is -2.56. The third kappa shape index (κ3) is 5.72. The van der Waals surface area contributed by atoms with Crippen LogP contribution < -0.4 is 14.8 Å². The minimum Gasteiger partial charge on any atom is -0.493 e. The van der Waals surface area contributed by atoms with Crippen LogP contribution in [-0.4, -0.2) is 13.7 Å². The molecule has 0 unspecified atom stereocenters. The second-order valence-electron chi connectivity index (χ2n) is 6.42. The van der Waals surface area contributed by atoms with Crippen molar-refractivity contribution in [1.82, 2.24) is 5.32 Å². The van der Waals surface area contributed by atoms with Gasteiger partial charge in [-0.3, -0.25) is 0 Å². The Balaban J connectivity index is 1.53. The van der Waals surface area contributed by atoms with Gasteiger partial charge in [0.15, 0.2) is 11.5 Å². The van der Waals surface area contributed by atoms with Gasteiger partial charge in [0.2, 0.25) is 0 Å². The highest BCUT2D eigenvalue weighted by atomic mass is 35.5. The number of benzene rings is 3. The van der Waals surface area contributed by atoms with Gasteiger partial charge < -0.3 is 14.8 Å². The molecule has 3 aromatic rings. The maximum Gasteiger partial charge on any atom is 0.161 e. The first-order valence-corrected chi connectivity index (χ1v) is 9.52. The predicted molar refractivity (Wildman–Crippen MR) is 111 cm³/mol. The van der Waals surface area contributed by atoms with Crippen LogP contribution in [0.2, 0.25) is 5.02 Å². The highest BCUT2D eigenvalue weighted by molar-refractivity contribution is 6.30. The smallest absolute Gasteiger partial charge is 0.161 e. The van der Waals surface area contributed by atoms with Crippen LogP contribution >= 0.6 is 11.6 Å². The van der Waals surface area contributed by atoms with Gasteiger partial charge in [-0.15, -0.1) is 0 Å². The van der Waals surface area contributed by atoms with E-state index in [4.69, 9.17) is 21.1 Å². The first-order valence-electron chi connectivity index (χ1n) is 9.14. The van der Waals surface area contributed by atoms with Crippen molar-refractivity contribution in [3.63, 3.8) is 0 Å². The van der Waals surface area contributed by atoms with Crippen LogP contribution in [0.4, 0.5) is 4.39 Å². The van der Waals surface area contributed by atoms with Gasteiger partial charge in [-0.05, 0) is 60.0 Å². The molecule has 3 nitrogen and oxygen atoms in total. The molecule has 28 heavy (non-hydrogen) atoms. The minimum absolute atomic E-state index is 0.160. The second-order valence-corrected chi connectivity index (χ2v) is 6.86. The Labute approximate surface area is 170 Å². The van der Waals surface area contributed by atoms with Gasteiger partial charge in [-0.1, -0.05) is 48.0 Å². The molecule has 0 atom stereocenters. The molecule has 0 saturated carbocycles. The molecule has 0 bridgehead atoms. The van der Waals surface area contributed by atoms with E-state index in [1.165, 1.54) is 6.07 Å². The third-order valence-electron chi connectivity index (χ3n) is 4.37. The molecular formula is C23H23ClFNO2. The molecule has 3 aromatic carbocycles. The SMILES string of the molecule is COc1cc(CNCCc2ccccc2F)ccc1OCc1cccc(Cl)c1. The van der Waals surface area contributed by atoms with Gasteiger partial charge in [-0.2, -0.15) is 0 Å². The van der Waals surface area contributed by atoms with E-state index in [1.807, 2.05) is 54.6 Å². The number of rotatable bonds is 9. The fourth-order valence-electron chi connectivity index (χ4n) is 2.89. The summed E-state index contributed by atoms with van der Waals surface area (Å²) in [6, 6.07) is 20.3. The molecule has 0 aromatic heterocycles. The van der Waals surface area contributed by atoms with E-state index in [0.717, 1.165) is 16.7 Å². The highest BCUT2D eigenvalue weighted by Gasteiger charge is 2.07. The van der Waals surface area contributed by atoms with Crippen molar-refractivity contribution in [2.75, 3.05) is 13.7 Å². The summed E-state index contributed by atoms with van der Waals surface area (Å²) in [6.07, 6.45) is 0.643. The van der Waals surface area contributed by atoms with E-state index in [9.17, 15) is 4.39 Å². The zero-order valence-corrected chi connectivity index (χ0v) is 16.5. The van der Waals surface area contributed by atoms with Crippen LogP contribution in [0.3, 0.4) is 0 Å². The van der Waals surface area contributed by atoms with Crippen LogP contribution in [0, 0.1) is 5.82 Å². The zero-order valence-electron chi connectivity index (χ0n) is 15.8. The summed E-state index contributed by atoms with van der Waals surface area (Å²) in [6.45, 7) is 1.77. The van der Waals surface area contributed by atoms with E-state index in [-0.39, 0.29) is 5.82 Å². The average Bonchev–Trinajstić information content (AvgIpc) is 2.71. The third-order valence-corrected chi connectivity index (χ3v) is 4.60. The molecule has 0 radical (unpaired) electrons. The van der Waals surface area contributed by atoms with Crippen LogP contribution in [0.5, 0.6) is 11.5 Å². The lowest BCUT2D eigenvalue weighted by molar-refractivity contribution is 0.284. The van der Waals surface area contributed by atoms with Gasteiger partial charge in [-0.25, -0.2) is 4.39 Å². The molecule has 0 heterocycles. The van der Waals surface area contributed by atoms with Crippen LogP contribution in [0.1, 0.15) is 16.7 Å². The van der Waals surface area contributed by atoms with Crippen molar-refractivity contribution in [1.29, 1.82) is 0 Å². The van der Waals surface area contributed by atoms with Gasteiger partial charge in [0.1, 0.15) is 12.4 Å². The maximum atomic E-state index is 13.6. The lowest BCUT2D eigenvalue weighted by Gasteiger charge is -2.13. The van der Waals surface area contributed by atoms with E-state index in [2.05, 4.69) is 5.32 Å². The molecule has 146 valence electrons. The molecular weight excluding hydrogens is 377 g/mol. The fraction of sp³-hybridized carbons (Fsp3) is 0.217. The van der Waals surface area contributed by atoms with E-state index < -0.39 is 0 Å². The molecule has 0 amide bonds. The molecule has 5 heteroatoms. The molecule has 0 aliphatic heterocycles. The Morgan fingerprint density at radius 1 is 0.929 bits per heavy atom. The van der Waals surface area contributed by atoms with Crippen molar-refractivity contribution in [3.8, 4) is 11.5 Å². The van der Waals surface area contributed by atoms with Crippen LogP contribution in [0.15, 0.2) is 66.7 Å². The van der Waals surface area contributed by atoms with E-state index in [1.54, 1.807) is 13.2 Å². The minimum atomic E-state index is -0.160. The Bertz CT molecular complexity index is 917. The number of hydrogen-bond acceptors (Lipinski definition) is 3. The molecule has 3 rings (SSSR count). The van der Waals surface area contributed by atoms with Crippen molar-refractivity contribution in [2.45, 2.75) is 19.6 Å². The van der Waals surface area contributed by atoms with Crippen molar-refractivity contribution in [2.24, 2.45) is 0 Å². The lowest BCUT2D eigenvalue weighted by Crippen LogP contribution is -2.17. The zero-order chi connectivity index (χ0) is 19.8. The molecule has 0 spiro atoms. The first-order chi connectivity index (χ1) is 13.7. The van der Waals surface area contributed by atoms with Crippen molar-refractivity contribution >= 4 is 11.6 Å². The van der Waals surface area contributed by atoms with Gasteiger partial charge in [0.25, 0.3) is 0 Å². The van der Waals surface area contributed by atoms with Crippen molar-refractivity contribution in [3.05, 3.63) is 94.3 Å². The summed E-state index contributed by atoms with van der Waals surface area (Å²) in [5.41, 5.74) is 2.78. The number of methoxy groups -OCH3 is 1. The normalized spacial score (nSPS) is 10.7. The lowest BCUT2D eigenvalue weighted by atomic mass is 10.1. The Morgan fingerprint density at radius 2 is 1.79 bits per heavy atom. The van der Waals surface area contributed by atoms with Crippen molar-refractivity contribution < 1.29 is 13.9 Å². The van der Waals surface area contributed by atoms with Gasteiger partial charge in [0.05, 0.1) is 7.11 Å². The predicted octanol–water partition coefficient (Wildman–Crippen LogP) is 5.40. The summed E-state index contributed by atoms with van der Waals surface area (Å²) < 4.78 is 25.0. The average molecular weight is 400 g/mol. The summed E-state index contributed by atoms with van der Waals surface area (Å²) in [7, 11) is 1.62. The van der Waals surface area contributed by atoms with Crippen LogP contribution in [0.25, 0.3) is 0 Å². The summed E-state index contributed by atoms with van der Waals surface area (Å²) in [5, 5.41) is 4.02. The number of nitrogens with one attached hydrogen (secondary N) is 1. The number of hydrogen-bond donors (Lipinski definition) is 1. The first kappa shape index (κ1) is 20.2. The largest absolute Gasteiger partial charge is 0.493 e. The molecule has 0 fully saturated rings. The highest BCUT2D eigenvalue weighted by Crippen LogP contribution is 2.29. The number of halogens is 2. The molecule has 0 aliphatic rings. The summed E-state index contributed by atoms with van der Waals surface area (Å²) in [4.78, 5) is 0. The van der Waals surface area contributed by atoms with E-state index in [0.29, 0.717) is 42.6 Å². The Morgan fingerprint density at radius 3 is 2.57 bits per heavy atom. The van der Waals surface area contributed by atoms with E-state index >= 15 is 0 Å². The number of ether oxygens (including phenoxy) is 2. The molecule has 0 aliphatic carbocycles. The monoisotopic (exact) mass is 399 g/mol. The second kappa shape index (κ2) is 10.1. The standard InChI is InChI=1S/C23H23ClFNO2/c1-27-23-14-17(15-26-12-11-19-6-2-3-8-21(19)25)9-10-22(23)28-16-18-5-4-7-20(24)13-18/h2-10,13-14,26H,11-12,15-16H2,1H3. The quantitative estimate of drug-likeness (QED) is 0.489. The topological polar surface area (TPSA) is 30.5 Å². The Kier molecular flexibility index (Phi) is 7.29. The van der Waals surface area contributed by atoms with Gasteiger partial charge in [0, 0.05) is 11.6 Å². The van der Waals surface area contributed by atoms with Gasteiger partial charge >= 0.3 is 0 Å². The maximum absolute atomic E-state index is 13.6.